The van der Waals surface area contributed by atoms with Gasteiger partial charge in [-0.25, -0.2) is 0 Å². The summed E-state index contributed by atoms with van der Waals surface area (Å²) in [5.41, 5.74) is 1.32. The predicted octanol–water partition coefficient (Wildman–Crippen LogP) is 3.81. The van der Waals surface area contributed by atoms with Crippen LogP contribution < -0.4 is 10.2 Å². The molecule has 2 aromatic carbocycles. The molecule has 0 saturated heterocycles. The molecule has 0 amide bonds. The van der Waals surface area contributed by atoms with Crippen LogP contribution in [0.15, 0.2) is 57.7 Å². The molecule has 1 aromatic heterocycles. The number of hydrogen-bond acceptors (Lipinski definition) is 5. The summed E-state index contributed by atoms with van der Waals surface area (Å²) in [5.74, 6) is 0.169. The Kier molecular flexibility index (Phi) is 6.67. The van der Waals surface area contributed by atoms with Gasteiger partial charge in [-0.15, -0.1) is 0 Å². The summed E-state index contributed by atoms with van der Waals surface area (Å²) in [6.07, 6.45) is -0.205. The third kappa shape index (κ3) is 5.03. The first-order valence-electron chi connectivity index (χ1n) is 9.75. The number of rotatable bonds is 9. The van der Waals surface area contributed by atoms with Crippen LogP contribution in [0.5, 0.6) is 5.75 Å². The molecule has 29 heavy (non-hydrogen) atoms. The van der Waals surface area contributed by atoms with E-state index in [1.165, 1.54) is 6.07 Å². The zero-order valence-corrected chi connectivity index (χ0v) is 16.7. The predicted molar refractivity (Wildman–Crippen MR) is 113 cm³/mol. The Morgan fingerprint density at radius 2 is 1.83 bits per heavy atom. The summed E-state index contributed by atoms with van der Waals surface area (Å²) < 4.78 is 11.7. The van der Waals surface area contributed by atoms with Crippen LogP contribution in [0.2, 0.25) is 0 Å². The summed E-state index contributed by atoms with van der Waals surface area (Å²) in [4.78, 5) is 25.9. The molecule has 0 spiro atoms. The molecule has 0 atom stereocenters. The van der Waals surface area contributed by atoms with Crippen LogP contribution >= 0.6 is 0 Å². The highest BCUT2D eigenvalue weighted by Gasteiger charge is 2.12. The van der Waals surface area contributed by atoms with Crippen molar-refractivity contribution in [2.45, 2.75) is 20.3 Å². The smallest absolute Gasteiger partial charge is 0.307 e. The number of hydrogen-bond donors (Lipinski definition) is 1. The van der Waals surface area contributed by atoms with Gasteiger partial charge in [0.25, 0.3) is 0 Å². The molecule has 3 aromatic rings. The highest BCUT2D eigenvalue weighted by Crippen LogP contribution is 2.26. The van der Waals surface area contributed by atoms with Gasteiger partial charge in [0.15, 0.2) is 5.43 Å². The molecule has 1 heterocycles. The van der Waals surface area contributed by atoms with Gasteiger partial charge < -0.3 is 19.2 Å². The van der Waals surface area contributed by atoms with Crippen molar-refractivity contribution in [2.24, 2.45) is 0 Å². The van der Waals surface area contributed by atoms with Crippen LogP contribution in [-0.2, 0) is 11.2 Å². The first-order valence-corrected chi connectivity index (χ1v) is 9.75. The van der Waals surface area contributed by atoms with Gasteiger partial charge >= 0.3 is 5.97 Å². The molecule has 6 nitrogen and oxygen atoms in total. The second kappa shape index (κ2) is 9.39. The Morgan fingerprint density at radius 1 is 1.10 bits per heavy atom. The van der Waals surface area contributed by atoms with Crippen LogP contribution in [0, 0.1) is 0 Å². The maximum absolute atomic E-state index is 12.5. The standard InChI is InChI=1S/C23H25NO5/c1-3-24(4-2)12-13-28-18-10-8-16(9-11-18)21-15-20(25)19-7-5-6-17(14-22(26)27)23(19)29-21/h5-11,15H,3-4,12-14H2,1-2H3,(H,26,27). The summed E-state index contributed by atoms with van der Waals surface area (Å²) in [5, 5.41) is 9.49. The Labute approximate surface area is 169 Å². The average molecular weight is 395 g/mol. The highest BCUT2D eigenvalue weighted by molar-refractivity contribution is 5.85. The van der Waals surface area contributed by atoms with E-state index >= 15 is 0 Å². The number of para-hydroxylation sites is 1. The van der Waals surface area contributed by atoms with Crippen molar-refractivity contribution in [3.05, 3.63) is 64.3 Å². The number of nitrogens with zero attached hydrogens (tertiary/aromatic N) is 1. The van der Waals surface area contributed by atoms with E-state index in [-0.39, 0.29) is 11.8 Å². The fourth-order valence-corrected chi connectivity index (χ4v) is 3.23. The van der Waals surface area contributed by atoms with Gasteiger partial charge in [0, 0.05) is 23.7 Å². The molecule has 0 aliphatic heterocycles. The number of benzene rings is 2. The monoisotopic (exact) mass is 395 g/mol. The first-order chi connectivity index (χ1) is 14.0. The highest BCUT2D eigenvalue weighted by atomic mass is 16.5. The maximum atomic E-state index is 12.5. The largest absolute Gasteiger partial charge is 0.492 e. The quantitative estimate of drug-likeness (QED) is 0.593. The van der Waals surface area contributed by atoms with Gasteiger partial charge in [0.1, 0.15) is 23.7 Å². The van der Waals surface area contributed by atoms with Gasteiger partial charge in [-0.1, -0.05) is 26.0 Å². The van der Waals surface area contributed by atoms with Crippen LogP contribution in [0.4, 0.5) is 0 Å². The molecule has 3 rings (SSSR count). The molecule has 0 aliphatic carbocycles. The average Bonchev–Trinajstić information content (AvgIpc) is 2.72. The fourth-order valence-electron chi connectivity index (χ4n) is 3.23. The van der Waals surface area contributed by atoms with E-state index in [2.05, 4.69) is 18.7 Å². The van der Waals surface area contributed by atoms with E-state index in [9.17, 15) is 9.59 Å². The molecular weight excluding hydrogens is 370 g/mol. The van der Waals surface area contributed by atoms with Crippen molar-refractivity contribution < 1.29 is 19.1 Å². The molecule has 1 N–H and O–H groups in total. The third-order valence-corrected chi connectivity index (χ3v) is 4.89. The Morgan fingerprint density at radius 3 is 2.48 bits per heavy atom. The zero-order chi connectivity index (χ0) is 20.8. The summed E-state index contributed by atoms with van der Waals surface area (Å²) in [7, 11) is 0. The van der Waals surface area contributed by atoms with Gasteiger partial charge in [0.2, 0.25) is 0 Å². The molecule has 6 heteroatoms. The number of carboxylic acid groups (broad SMARTS) is 1. The minimum Gasteiger partial charge on any atom is -0.492 e. The van der Waals surface area contributed by atoms with E-state index in [1.807, 2.05) is 24.3 Å². The van der Waals surface area contributed by atoms with Gasteiger partial charge in [0.05, 0.1) is 11.8 Å². The lowest BCUT2D eigenvalue weighted by molar-refractivity contribution is -0.136. The molecule has 0 saturated carbocycles. The number of carbonyl (C=O) groups is 1. The number of fused-ring (bicyclic) bond motifs is 1. The molecule has 0 aliphatic rings. The van der Waals surface area contributed by atoms with Gasteiger partial charge in [-0.3, -0.25) is 9.59 Å². The Balaban J connectivity index is 1.83. The molecule has 0 fully saturated rings. The lowest BCUT2D eigenvalue weighted by Crippen LogP contribution is -2.27. The molecule has 0 bridgehead atoms. The lowest BCUT2D eigenvalue weighted by Gasteiger charge is -2.18. The number of ether oxygens (including phenoxy) is 1. The number of likely N-dealkylation sites (N-methyl/N-ethyl adjacent to an activating group) is 1. The van der Waals surface area contributed by atoms with Gasteiger partial charge in [-0.2, -0.15) is 0 Å². The van der Waals surface area contributed by atoms with Gasteiger partial charge in [-0.05, 0) is 43.4 Å². The normalized spacial score (nSPS) is 11.1. The van der Waals surface area contributed by atoms with E-state index in [1.54, 1.807) is 18.2 Å². The maximum Gasteiger partial charge on any atom is 0.307 e. The molecule has 0 unspecified atom stereocenters. The van der Waals surface area contributed by atoms with E-state index < -0.39 is 5.97 Å². The van der Waals surface area contributed by atoms with E-state index in [0.717, 1.165) is 30.9 Å². The van der Waals surface area contributed by atoms with E-state index in [4.69, 9.17) is 14.3 Å². The van der Waals surface area contributed by atoms with Crippen molar-refractivity contribution in [2.75, 3.05) is 26.2 Å². The minimum atomic E-state index is -0.975. The second-order valence-electron chi connectivity index (χ2n) is 6.74. The van der Waals surface area contributed by atoms with Crippen LogP contribution in [-0.4, -0.2) is 42.2 Å². The fraction of sp³-hybridized carbons (Fsp3) is 0.304. The van der Waals surface area contributed by atoms with Crippen molar-refractivity contribution in [3.63, 3.8) is 0 Å². The Bertz CT molecular complexity index is 1040. The molecule has 0 radical (unpaired) electrons. The zero-order valence-electron chi connectivity index (χ0n) is 16.7. The topological polar surface area (TPSA) is 80.0 Å². The first kappa shape index (κ1) is 20.6. The van der Waals surface area contributed by atoms with E-state index in [0.29, 0.717) is 28.9 Å². The summed E-state index contributed by atoms with van der Waals surface area (Å²) >= 11 is 0. The molecule has 152 valence electrons. The van der Waals surface area contributed by atoms with Crippen molar-refractivity contribution >= 4 is 16.9 Å². The number of aliphatic carboxylic acids is 1. The second-order valence-corrected chi connectivity index (χ2v) is 6.74. The number of carboxylic acids is 1. The van der Waals surface area contributed by atoms with Crippen molar-refractivity contribution in [1.82, 2.24) is 4.90 Å². The minimum absolute atomic E-state index is 0.201. The SMILES string of the molecule is CCN(CC)CCOc1ccc(-c2cc(=O)c3cccc(CC(=O)O)c3o2)cc1. The summed E-state index contributed by atoms with van der Waals surface area (Å²) in [6, 6.07) is 13.7. The molecular formula is C23H25NO5. The Hall–Kier alpha value is -3.12. The van der Waals surface area contributed by atoms with Crippen molar-refractivity contribution in [3.8, 4) is 17.1 Å². The van der Waals surface area contributed by atoms with Crippen LogP contribution in [0.25, 0.3) is 22.3 Å². The summed E-state index contributed by atoms with van der Waals surface area (Å²) in [6.45, 7) is 7.69. The lowest BCUT2D eigenvalue weighted by atomic mass is 10.1. The van der Waals surface area contributed by atoms with Crippen LogP contribution in [0.3, 0.4) is 0 Å². The third-order valence-electron chi connectivity index (χ3n) is 4.89. The van der Waals surface area contributed by atoms with Crippen molar-refractivity contribution in [1.29, 1.82) is 0 Å². The van der Waals surface area contributed by atoms with Crippen LogP contribution in [0.1, 0.15) is 19.4 Å².